The molecule has 1 N–H and O–H groups in total. The van der Waals surface area contributed by atoms with Crippen LogP contribution in [0.1, 0.15) is 16.9 Å². The lowest BCUT2D eigenvalue weighted by Crippen LogP contribution is -2.31. The van der Waals surface area contributed by atoms with Gasteiger partial charge in [0.15, 0.2) is 5.69 Å². The van der Waals surface area contributed by atoms with E-state index in [1.807, 2.05) is 18.2 Å². The number of ether oxygens (including phenoxy) is 2. The van der Waals surface area contributed by atoms with Crippen LogP contribution in [0.2, 0.25) is 0 Å². The van der Waals surface area contributed by atoms with Gasteiger partial charge in [0.05, 0.1) is 32.1 Å². The van der Waals surface area contributed by atoms with Crippen LogP contribution >= 0.6 is 11.7 Å². The molecule has 1 aromatic carbocycles. The van der Waals surface area contributed by atoms with Gasteiger partial charge < -0.3 is 19.7 Å². The van der Waals surface area contributed by atoms with E-state index in [0.29, 0.717) is 18.2 Å². The summed E-state index contributed by atoms with van der Waals surface area (Å²) in [5.74, 6) is 1.79. The Kier molecular flexibility index (Phi) is 5.14. The molecule has 1 aromatic heterocycles. The van der Waals surface area contributed by atoms with Gasteiger partial charge in [0.1, 0.15) is 11.5 Å². The molecule has 1 atom stereocenters. The zero-order valence-electron chi connectivity index (χ0n) is 13.7. The number of carbonyl (C=O) groups is 1. The van der Waals surface area contributed by atoms with Crippen molar-refractivity contribution in [3.8, 4) is 11.5 Å². The van der Waals surface area contributed by atoms with Crippen molar-refractivity contribution in [3.63, 3.8) is 0 Å². The van der Waals surface area contributed by atoms with Crippen molar-refractivity contribution >= 4 is 23.3 Å². The Balaban J connectivity index is 1.58. The van der Waals surface area contributed by atoms with Gasteiger partial charge in [-0.1, -0.05) is 0 Å². The second kappa shape index (κ2) is 7.48. The maximum Gasteiger partial charge on any atom is 0.272 e. The molecular formula is C16H20N4O3S. The van der Waals surface area contributed by atoms with Crippen LogP contribution in [0.25, 0.3) is 0 Å². The van der Waals surface area contributed by atoms with Gasteiger partial charge in [-0.2, -0.15) is 8.75 Å². The highest BCUT2D eigenvalue weighted by Crippen LogP contribution is 2.31. The molecule has 1 amide bonds. The van der Waals surface area contributed by atoms with Crippen molar-refractivity contribution in [2.75, 3.05) is 38.8 Å². The Bertz CT molecular complexity index is 670. The Morgan fingerprint density at radius 2 is 2.08 bits per heavy atom. The number of hydrogen-bond donors (Lipinski definition) is 1. The van der Waals surface area contributed by atoms with Gasteiger partial charge in [0.25, 0.3) is 5.91 Å². The summed E-state index contributed by atoms with van der Waals surface area (Å²) in [6.07, 6.45) is 2.51. The summed E-state index contributed by atoms with van der Waals surface area (Å²) in [6, 6.07) is 5.87. The highest BCUT2D eigenvalue weighted by atomic mass is 32.1. The first-order chi connectivity index (χ1) is 11.7. The molecule has 1 aliphatic rings. The molecule has 1 fully saturated rings. The fraction of sp³-hybridized carbons (Fsp3) is 0.438. The normalized spacial score (nSPS) is 16.9. The number of aromatic nitrogens is 2. The molecule has 24 heavy (non-hydrogen) atoms. The molecule has 8 heteroatoms. The van der Waals surface area contributed by atoms with Gasteiger partial charge >= 0.3 is 0 Å². The summed E-state index contributed by atoms with van der Waals surface area (Å²) < 4.78 is 18.4. The van der Waals surface area contributed by atoms with Crippen molar-refractivity contribution < 1.29 is 14.3 Å². The third-order valence-electron chi connectivity index (χ3n) is 4.13. The first kappa shape index (κ1) is 16.5. The minimum atomic E-state index is -0.162. The molecular weight excluding hydrogens is 328 g/mol. The zero-order chi connectivity index (χ0) is 16.9. The van der Waals surface area contributed by atoms with Crippen LogP contribution < -0.4 is 19.7 Å². The fourth-order valence-corrected chi connectivity index (χ4v) is 3.21. The molecule has 7 nitrogen and oxygen atoms in total. The quantitative estimate of drug-likeness (QED) is 0.858. The number of hydrogen-bond acceptors (Lipinski definition) is 7. The third kappa shape index (κ3) is 3.76. The summed E-state index contributed by atoms with van der Waals surface area (Å²) >= 11 is 1.04. The molecule has 0 bridgehead atoms. The lowest BCUT2D eigenvalue weighted by Gasteiger charge is -2.20. The van der Waals surface area contributed by atoms with Crippen molar-refractivity contribution in [1.82, 2.24) is 14.1 Å². The molecule has 1 unspecified atom stereocenters. The van der Waals surface area contributed by atoms with E-state index in [4.69, 9.17) is 9.47 Å². The fourth-order valence-electron chi connectivity index (χ4n) is 2.80. The van der Waals surface area contributed by atoms with Crippen LogP contribution in [0.5, 0.6) is 11.5 Å². The largest absolute Gasteiger partial charge is 0.497 e. The standard InChI is InChI=1S/C16H20N4O3S/c1-22-13-5-12(6-14(7-13)23-2)20-4-3-11(10-20)8-17-16(21)15-9-18-24-19-15/h5-7,9,11H,3-4,8,10H2,1-2H3,(H,17,21). The molecule has 1 aliphatic heterocycles. The number of nitrogens with one attached hydrogen (secondary N) is 1. The monoisotopic (exact) mass is 348 g/mol. The van der Waals surface area contributed by atoms with E-state index in [2.05, 4.69) is 19.0 Å². The number of anilines is 1. The first-order valence-electron chi connectivity index (χ1n) is 7.73. The average Bonchev–Trinajstić information content (AvgIpc) is 3.30. The Labute approximate surface area is 144 Å². The Morgan fingerprint density at radius 1 is 1.33 bits per heavy atom. The summed E-state index contributed by atoms with van der Waals surface area (Å²) in [4.78, 5) is 14.2. The third-order valence-corrected chi connectivity index (χ3v) is 4.61. The maximum atomic E-state index is 11.9. The van der Waals surface area contributed by atoms with Gasteiger partial charge in [-0.3, -0.25) is 4.79 Å². The molecule has 3 rings (SSSR count). The van der Waals surface area contributed by atoms with E-state index in [0.717, 1.165) is 48.4 Å². The van der Waals surface area contributed by atoms with Crippen LogP contribution in [-0.4, -0.2) is 48.5 Å². The van der Waals surface area contributed by atoms with Gasteiger partial charge in [-0.25, -0.2) is 0 Å². The van der Waals surface area contributed by atoms with E-state index in [1.54, 1.807) is 14.2 Å². The summed E-state index contributed by atoms with van der Waals surface area (Å²) in [7, 11) is 3.29. The van der Waals surface area contributed by atoms with Gasteiger partial charge in [0, 0.05) is 43.5 Å². The summed E-state index contributed by atoms with van der Waals surface area (Å²) in [5.41, 5.74) is 1.45. The Morgan fingerprint density at radius 3 is 2.71 bits per heavy atom. The number of nitrogens with zero attached hydrogens (tertiary/aromatic N) is 3. The number of benzene rings is 1. The van der Waals surface area contributed by atoms with E-state index < -0.39 is 0 Å². The average molecular weight is 348 g/mol. The highest BCUT2D eigenvalue weighted by Gasteiger charge is 2.24. The molecule has 1 saturated heterocycles. The Hall–Kier alpha value is -2.35. The first-order valence-corrected chi connectivity index (χ1v) is 8.46. The van der Waals surface area contributed by atoms with Gasteiger partial charge in [0.2, 0.25) is 0 Å². The summed E-state index contributed by atoms with van der Waals surface area (Å²) in [6.45, 7) is 2.45. The summed E-state index contributed by atoms with van der Waals surface area (Å²) in [5, 5.41) is 2.93. The van der Waals surface area contributed by atoms with Gasteiger partial charge in [-0.15, -0.1) is 0 Å². The number of methoxy groups -OCH3 is 2. The number of carbonyl (C=O) groups excluding carboxylic acids is 1. The highest BCUT2D eigenvalue weighted by molar-refractivity contribution is 6.99. The molecule has 0 aliphatic carbocycles. The lowest BCUT2D eigenvalue weighted by atomic mass is 10.1. The van der Waals surface area contributed by atoms with Crippen LogP contribution in [-0.2, 0) is 0 Å². The maximum absolute atomic E-state index is 11.9. The van der Waals surface area contributed by atoms with Crippen molar-refractivity contribution in [3.05, 3.63) is 30.1 Å². The van der Waals surface area contributed by atoms with Crippen LogP contribution in [0.4, 0.5) is 5.69 Å². The van der Waals surface area contributed by atoms with Crippen LogP contribution in [0.3, 0.4) is 0 Å². The predicted molar refractivity (Wildman–Crippen MR) is 92.1 cm³/mol. The van der Waals surface area contributed by atoms with Crippen molar-refractivity contribution in [2.45, 2.75) is 6.42 Å². The van der Waals surface area contributed by atoms with E-state index in [9.17, 15) is 4.79 Å². The zero-order valence-corrected chi connectivity index (χ0v) is 14.5. The van der Waals surface area contributed by atoms with E-state index >= 15 is 0 Å². The number of amides is 1. The van der Waals surface area contributed by atoms with E-state index in [1.165, 1.54) is 6.20 Å². The molecule has 0 radical (unpaired) electrons. The van der Waals surface area contributed by atoms with Crippen molar-refractivity contribution in [1.29, 1.82) is 0 Å². The van der Waals surface area contributed by atoms with Crippen LogP contribution in [0, 0.1) is 5.92 Å². The molecule has 0 spiro atoms. The number of rotatable bonds is 6. The lowest BCUT2D eigenvalue weighted by molar-refractivity contribution is 0.0944. The topological polar surface area (TPSA) is 76.6 Å². The SMILES string of the molecule is COc1cc(OC)cc(N2CCC(CNC(=O)c3cnsn3)C2)c1. The smallest absolute Gasteiger partial charge is 0.272 e. The predicted octanol–water partition coefficient (Wildman–Crippen LogP) is 1.81. The van der Waals surface area contributed by atoms with Crippen LogP contribution in [0.15, 0.2) is 24.4 Å². The van der Waals surface area contributed by atoms with Gasteiger partial charge in [-0.05, 0) is 12.3 Å². The molecule has 128 valence electrons. The second-order valence-electron chi connectivity index (χ2n) is 5.67. The molecule has 2 heterocycles. The minimum absolute atomic E-state index is 0.162. The molecule has 0 saturated carbocycles. The minimum Gasteiger partial charge on any atom is -0.497 e. The molecule has 2 aromatic rings. The van der Waals surface area contributed by atoms with Crippen molar-refractivity contribution in [2.24, 2.45) is 5.92 Å². The van der Waals surface area contributed by atoms with E-state index in [-0.39, 0.29) is 5.91 Å². The second-order valence-corrected chi connectivity index (χ2v) is 6.23.